The van der Waals surface area contributed by atoms with E-state index in [9.17, 15) is 9.59 Å². The molecule has 1 saturated carbocycles. The normalized spacial score (nSPS) is 14.5. The molecule has 7 heteroatoms. The molecule has 2 aromatic carbocycles. The summed E-state index contributed by atoms with van der Waals surface area (Å²) in [6.07, 6.45) is 4.32. The SMILES string of the molecule is COc1ccc(CSCC(=O)N(Cc2cccc(OC)c2)[C@H](C)C(=O)NC2CCCC2)cc1. The lowest BCUT2D eigenvalue weighted by Gasteiger charge is -2.30. The topological polar surface area (TPSA) is 67.9 Å². The molecule has 0 bridgehead atoms. The molecule has 0 aromatic heterocycles. The van der Waals surface area contributed by atoms with Crippen LogP contribution in [0.4, 0.5) is 0 Å². The quantitative estimate of drug-likeness (QED) is 0.527. The van der Waals surface area contributed by atoms with E-state index in [4.69, 9.17) is 9.47 Å². The molecule has 0 saturated heterocycles. The molecular formula is C26H34N2O4S. The first kappa shape index (κ1) is 25.0. The summed E-state index contributed by atoms with van der Waals surface area (Å²) in [4.78, 5) is 27.9. The molecular weight excluding hydrogens is 436 g/mol. The minimum absolute atomic E-state index is 0.0506. The van der Waals surface area contributed by atoms with Gasteiger partial charge in [-0.2, -0.15) is 0 Å². The lowest BCUT2D eigenvalue weighted by Crippen LogP contribution is -2.50. The van der Waals surface area contributed by atoms with Gasteiger partial charge in [0.05, 0.1) is 20.0 Å². The molecule has 0 heterocycles. The lowest BCUT2D eigenvalue weighted by atomic mass is 10.1. The van der Waals surface area contributed by atoms with E-state index >= 15 is 0 Å². The second-order valence-electron chi connectivity index (χ2n) is 8.38. The molecule has 1 aliphatic rings. The molecule has 178 valence electrons. The first-order valence-electron chi connectivity index (χ1n) is 11.4. The van der Waals surface area contributed by atoms with Crippen molar-refractivity contribution in [1.29, 1.82) is 0 Å². The highest BCUT2D eigenvalue weighted by Crippen LogP contribution is 2.21. The largest absolute Gasteiger partial charge is 0.497 e. The van der Waals surface area contributed by atoms with Crippen LogP contribution in [0.25, 0.3) is 0 Å². The molecule has 3 rings (SSSR count). The van der Waals surface area contributed by atoms with E-state index in [1.165, 1.54) is 0 Å². The van der Waals surface area contributed by atoms with E-state index in [0.717, 1.165) is 48.3 Å². The van der Waals surface area contributed by atoms with Gasteiger partial charge >= 0.3 is 0 Å². The Balaban J connectivity index is 1.65. The minimum Gasteiger partial charge on any atom is -0.497 e. The van der Waals surface area contributed by atoms with E-state index in [-0.39, 0.29) is 17.9 Å². The average Bonchev–Trinajstić information content (AvgIpc) is 3.35. The number of ether oxygens (including phenoxy) is 2. The zero-order valence-electron chi connectivity index (χ0n) is 19.7. The third-order valence-corrected chi connectivity index (χ3v) is 7.00. The van der Waals surface area contributed by atoms with Gasteiger partial charge in [-0.1, -0.05) is 37.1 Å². The number of hydrogen-bond acceptors (Lipinski definition) is 5. The van der Waals surface area contributed by atoms with E-state index < -0.39 is 6.04 Å². The number of nitrogens with zero attached hydrogens (tertiary/aromatic N) is 1. The van der Waals surface area contributed by atoms with Crippen molar-refractivity contribution in [3.63, 3.8) is 0 Å². The molecule has 2 aromatic rings. The van der Waals surface area contributed by atoms with Crippen LogP contribution in [0.2, 0.25) is 0 Å². The zero-order valence-corrected chi connectivity index (χ0v) is 20.5. The minimum atomic E-state index is -0.550. The highest BCUT2D eigenvalue weighted by atomic mass is 32.2. The predicted molar refractivity (Wildman–Crippen MR) is 133 cm³/mol. The Hall–Kier alpha value is -2.67. The Morgan fingerprint density at radius 1 is 1.03 bits per heavy atom. The van der Waals surface area contributed by atoms with Gasteiger partial charge in [-0.25, -0.2) is 0 Å². The predicted octanol–water partition coefficient (Wildman–Crippen LogP) is 4.41. The third-order valence-electron chi connectivity index (χ3n) is 6.01. The number of nitrogens with one attached hydrogen (secondary N) is 1. The van der Waals surface area contributed by atoms with Crippen LogP contribution in [0, 0.1) is 0 Å². The van der Waals surface area contributed by atoms with Crippen LogP contribution < -0.4 is 14.8 Å². The van der Waals surface area contributed by atoms with Crippen molar-refractivity contribution in [2.75, 3.05) is 20.0 Å². The first-order valence-corrected chi connectivity index (χ1v) is 12.6. The van der Waals surface area contributed by atoms with Gasteiger partial charge in [0, 0.05) is 18.3 Å². The van der Waals surface area contributed by atoms with Gasteiger partial charge in [0.1, 0.15) is 17.5 Å². The molecule has 0 aliphatic heterocycles. The molecule has 0 spiro atoms. The Bertz CT molecular complexity index is 913. The summed E-state index contributed by atoms with van der Waals surface area (Å²) in [5.74, 6) is 2.43. The van der Waals surface area contributed by atoms with Crippen LogP contribution in [-0.2, 0) is 21.9 Å². The molecule has 2 amide bonds. The number of carbonyl (C=O) groups excluding carboxylic acids is 2. The average molecular weight is 471 g/mol. The Labute approximate surface area is 201 Å². The summed E-state index contributed by atoms with van der Waals surface area (Å²) in [6, 6.07) is 15.1. The highest BCUT2D eigenvalue weighted by Gasteiger charge is 2.28. The van der Waals surface area contributed by atoms with Gasteiger partial charge in [-0.05, 0) is 55.2 Å². The van der Waals surface area contributed by atoms with Gasteiger partial charge in [-0.3, -0.25) is 9.59 Å². The molecule has 1 aliphatic carbocycles. The third kappa shape index (κ3) is 7.42. The molecule has 33 heavy (non-hydrogen) atoms. The van der Waals surface area contributed by atoms with Gasteiger partial charge in [0.25, 0.3) is 0 Å². The molecule has 1 N–H and O–H groups in total. The van der Waals surface area contributed by atoms with Crippen LogP contribution in [0.1, 0.15) is 43.7 Å². The van der Waals surface area contributed by atoms with Crippen molar-refractivity contribution in [1.82, 2.24) is 10.2 Å². The Kier molecular flexibility index (Phi) is 9.48. The smallest absolute Gasteiger partial charge is 0.242 e. The van der Waals surface area contributed by atoms with E-state index in [0.29, 0.717) is 18.1 Å². The zero-order chi connectivity index (χ0) is 23.6. The van der Waals surface area contributed by atoms with Crippen LogP contribution in [0.15, 0.2) is 48.5 Å². The molecule has 6 nitrogen and oxygen atoms in total. The Morgan fingerprint density at radius 2 is 1.73 bits per heavy atom. The number of carbonyl (C=O) groups is 2. The van der Waals surface area contributed by atoms with Gasteiger partial charge < -0.3 is 19.7 Å². The monoisotopic (exact) mass is 470 g/mol. The number of thioether (sulfide) groups is 1. The van der Waals surface area contributed by atoms with Crippen LogP contribution in [0.3, 0.4) is 0 Å². The summed E-state index contributed by atoms with van der Waals surface area (Å²) in [7, 11) is 3.26. The second kappa shape index (κ2) is 12.5. The van der Waals surface area contributed by atoms with Crippen molar-refractivity contribution < 1.29 is 19.1 Å². The van der Waals surface area contributed by atoms with Crippen LogP contribution in [-0.4, -0.2) is 48.8 Å². The molecule has 1 atom stereocenters. The number of methoxy groups -OCH3 is 2. The molecule has 0 radical (unpaired) electrons. The van der Waals surface area contributed by atoms with Crippen molar-refractivity contribution >= 4 is 23.6 Å². The summed E-state index contributed by atoms with van der Waals surface area (Å²) in [5, 5.41) is 3.14. The fraction of sp³-hybridized carbons (Fsp3) is 0.462. The van der Waals surface area contributed by atoms with Crippen molar-refractivity contribution in [2.45, 2.75) is 57.0 Å². The van der Waals surface area contributed by atoms with Gasteiger partial charge in [0.2, 0.25) is 11.8 Å². The maximum absolute atomic E-state index is 13.2. The highest BCUT2D eigenvalue weighted by molar-refractivity contribution is 7.99. The first-order chi connectivity index (χ1) is 16.0. The summed E-state index contributed by atoms with van der Waals surface area (Å²) in [6.45, 7) is 2.18. The number of benzene rings is 2. The second-order valence-corrected chi connectivity index (χ2v) is 9.37. The Morgan fingerprint density at radius 3 is 2.39 bits per heavy atom. The van der Waals surface area contributed by atoms with E-state index in [1.54, 1.807) is 30.9 Å². The van der Waals surface area contributed by atoms with Gasteiger partial charge in [-0.15, -0.1) is 11.8 Å². The summed E-state index contributed by atoms with van der Waals surface area (Å²) < 4.78 is 10.5. The lowest BCUT2D eigenvalue weighted by molar-refractivity contribution is -0.138. The summed E-state index contributed by atoms with van der Waals surface area (Å²) in [5.41, 5.74) is 2.06. The van der Waals surface area contributed by atoms with Crippen molar-refractivity contribution in [2.24, 2.45) is 0 Å². The fourth-order valence-electron chi connectivity index (χ4n) is 4.00. The molecule has 0 unspecified atom stereocenters. The van der Waals surface area contributed by atoms with E-state index in [2.05, 4.69) is 5.32 Å². The fourth-order valence-corrected chi connectivity index (χ4v) is 4.87. The number of rotatable bonds is 11. The maximum Gasteiger partial charge on any atom is 0.242 e. The van der Waals surface area contributed by atoms with Crippen LogP contribution >= 0.6 is 11.8 Å². The van der Waals surface area contributed by atoms with Gasteiger partial charge in [0.15, 0.2) is 0 Å². The van der Waals surface area contributed by atoms with Crippen molar-refractivity contribution in [3.8, 4) is 11.5 Å². The van der Waals surface area contributed by atoms with Crippen molar-refractivity contribution in [3.05, 3.63) is 59.7 Å². The van der Waals surface area contributed by atoms with E-state index in [1.807, 2.05) is 55.5 Å². The summed E-state index contributed by atoms with van der Waals surface area (Å²) >= 11 is 1.55. The van der Waals surface area contributed by atoms with Crippen LogP contribution in [0.5, 0.6) is 11.5 Å². The molecule has 1 fully saturated rings. The maximum atomic E-state index is 13.2. The standard InChI is InChI=1S/C26H34N2O4S/c1-19(26(30)27-22-8-4-5-9-22)28(16-21-7-6-10-24(15-21)32-3)25(29)18-33-17-20-11-13-23(31-2)14-12-20/h6-7,10-15,19,22H,4-5,8-9,16-18H2,1-3H3,(H,27,30)/t19-/m1/s1. The number of amides is 2. The number of hydrogen-bond donors (Lipinski definition) is 1.